The number of fused-ring (bicyclic) bond motifs is 1. The van der Waals surface area contributed by atoms with Gasteiger partial charge in [-0.2, -0.15) is 5.26 Å². The molecule has 6 nitrogen and oxygen atoms in total. The lowest BCUT2D eigenvalue weighted by Gasteiger charge is -2.17. The van der Waals surface area contributed by atoms with Crippen LogP contribution < -0.4 is 5.32 Å². The lowest BCUT2D eigenvalue weighted by molar-refractivity contribution is -0.113. The molecule has 0 saturated carbocycles. The fourth-order valence-electron chi connectivity index (χ4n) is 3.75. The van der Waals surface area contributed by atoms with Gasteiger partial charge in [-0.1, -0.05) is 24.8 Å². The number of anilines is 1. The number of allylic oxidation sites excluding steroid dienone is 1. The van der Waals surface area contributed by atoms with Crippen LogP contribution in [0.25, 0.3) is 11.4 Å². The fraction of sp³-hybridized carbons (Fsp3) is 0.304. The second-order valence-electron chi connectivity index (χ2n) is 7.72. The van der Waals surface area contributed by atoms with Crippen molar-refractivity contribution in [3.8, 4) is 17.5 Å². The summed E-state index contributed by atoms with van der Waals surface area (Å²) in [6, 6.07) is 8.30. The number of hydrogen-bond donors (Lipinski definition) is 1. The van der Waals surface area contributed by atoms with Crippen LogP contribution in [-0.4, -0.2) is 26.4 Å². The Bertz CT molecular complexity index is 1190. The SMILES string of the molecule is C=CCn1c(SCC(=O)Nc2sc3c(c2C#N)CCC(C)C3)nnc1-c1ccc(F)cc1. The summed E-state index contributed by atoms with van der Waals surface area (Å²) in [5.74, 6) is 0.784. The van der Waals surface area contributed by atoms with Gasteiger partial charge in [0.25, 0.3) is 0 Å². The quantitative estimate of drug-likeness (QED) is 0.388. The Labute approximate surface area is 194 Å². The zero-order chi connectivity index (χ0) is 22.7. The van der Waals surface area contributed by atoms with Crippen LogP contribution in [0.3, 0.4) is 0 Å². The Morgan fingerprint density at radius 1 is 1.44 bits per heavy atom. The Kier molecular flexibility index (Phi) is 6.72. The minimum atomic E-state index is -0.323. The molecule has 2 aromatic heterocycles. The van der Waals surface area contributed by atoms with E-state index in [9.17, 15) is 14.4 Å². The number of benzene rings is 1. The van der Waals surface area contributed by atoms with E-state index in [2.05, 4.69) is 35.1 Å². The van der Waals surface area contributed by atoms with Gasteiger partial charge in [0, 0.05) is 17.0 Å². The summed E-state index contributed by atoms with van der Waals surface area (Å²) >= 11 is 2.77. The van der Waals surface area contributed by atoms with E-state index in [1.807, 2.05) is 4.57 Å². The van der Waals surface area contributed by atoms with Gasteiger partial charge in [-0.3, -0.25) is 9.36 Å². The van der Waals surface area contributed by atoms with E-state index in [4.69, 9.17) is 0 Å². The van der Waals surface area contributed by atoms with Gasteiger partial charge in [-0.15, -0.1) is 28.1 Å². The summed E-state index contributed by atoms with van der Waals surface area (Å²) < 4.78 is 15.1. The minimum absolute atomic E-state index is 0.128. The number of thiophene rings is 1. The Hall–Kier alpha value is -2.96. The molecule has 1 unspecified atom stereocenters. The number of rotatable bonds is 7. The number of nitrogens with one attached hydrogen (secondary N) is 1. The third kappa shape index (κ3) is 4.61. The summed E-state index contributed by atoms with van der Waals surface area (Å²) in [6.07, 6.45) is 4.63. The average Bonchev–Trinajstić information content (AvgIpc) is 3.33. The number of nitrogens with zero attached hydrogens (tertiary/aromatic N) is 4. The maximum atomic E-state index is 13.3. The van der Waals surface area contributed by atoms with E-state index in [1.54, 1.807) is 18.2 Å². The first-order chi connectivity index (χ1) is 15.5. The van der Waals surface area contributed by atoms with Gasteiger partial charge in [0.1, 0.15) is 16.9 Å². The Balaban J connectivity index is 1.47. The number of amides is 1. The monoisotopic (exact) mass is 467 g/mol. The molecule has 2 heterocycles. The molecule has 1 aliphatic rings. The molecule has 1 aliphatic carbocycles. The first-order valence-electron chi connectivity index (χ1n) is 10.3. The molecule has 164 valence electrons. The van der Waals surface area contributed by atoms with E-state index in [1.165, 1.54) is 40.1 Å². The van der Waals surface area contributed by atoms with Gasteiger partial charge in [0.2, 0.25) is 5.91 Å². The Morgan fingerprint density at radius 2 is 2.22 bits per heavy atom. The molecule has 1 amide bonds. The van der Waals surface area contributed by atoms with Gasteiger partial charge in [-0.05, 0) is 55.0 Å². The van der Waals surface area contributed by atoms with Crippen molar-refractivity contribution in [2.75, 3.05) is 11.1 Å². The van der Waals surface area contributed by atoms with Crippen LogP contribution in [0.15, 0.2) is 42.1 Å². The van der Waals surface area contributed by atoms with Crippen molar-refractivity contribution in [3.05, 3.63) is 58.7 Å². The van der Waals surface area contributed by atoms with Crippen molar-refractivity contribution in [2.45, 2.75) is 37.9 Å². The third-order valence-electron chi connectivity index (χ3n) is 5.34. The van der Waals surface area contributed by atoms with Gasteiger partial charge < -0.3 is 5.32 Å². The van der Waals surface area contributed by atoms with Crippen molar-refractivity contribution in [3.63, 3.8) is 0 Å². The van der Waals surface area contributed by atoms with Crippen LogP contribution in [0.4, 0.5) is 9.39 Å². The van der Waals surface area contributed by atoms with E-state index in [-0.39, 0.29) is 17.5 Å². The molecule has 0 saturated heterocycles. The van der Waals surface area contributed by atoms with Crippen LogP contribution in [0.1, 0.15) is 29.3 Å². The van der Waals surface area contributed by atoms with Crippen molar-refractivity contribution in [1.82, 2.24) is 14.8 Å². The highest BCUT2D eigenvalue weighted by atomic mass is 32.2. The predicted molar refractivity (Wildman–Crippen MR) is 125 cm³/mol. The highest BCUT2D eigenvalue weighted by molar-refractivity contribution is 7.99. The molecular weight excluding hydrogens is 445 g/mol. The molecule has 32 heavy (non-hydrogen) atoms. The molecule has 1 atom stereocenters. The third-order valence-corrected chi connectivity index (χ3v) is 7.48. The second-order valence-corrected chi connectivity index (χ2v) is 9.76. The number of carbonyl (C=O) groups excluding carboxylic acids is 1. The molecule has 0 spiro atoms. The average molecular weight is 468 g/mol. The first kappa shape index (κ1) is 22.2. The van der Waals surface area contributed by atoms with Crippen molar-refractivity contribution in [1.29, 1.82) is 5.26 Å². The topological polar surface area (TPSA) is 83.6 Å². The number of thioether (sulfide) groups is 1. The number of carbonyl (C=O) groups is 1. The summed E-state index contributed by atoms with van der Waals surface area (Å²) in [5, 5.41) is 22.2. The van der Waals surface area contributed by atoms with Crippen molar-refractivity contribution in [2.24, 2.45) is 5.92 Å². The molecule has 3 aromatic rings. The van der Waals surface area contributed by atoms with E-state index >= 15 is 0 Å². The van der Waals surface area contributed by atoms with Crippen LogP contribution in [0.5, 0.6) is 0 Å². The van der Waals surface area contributed by atoms with Crippen molar-refractivity contribution < 1.29 is 9.18 Å². The zero-order valence-corrected chi connectivity index (χ0v) is 19.2. The molecular formula is C23H22FN5OS2. The minimum Gasteiger partial charge on any atom is -0.316 e. The fourth-order valence-corrected chi connectivity index (χ4v) is 5.88. The van der Waals surface area contributed by atoms with Crippen LogP contribution >= 0.6 is 23.1 Å². The maximum Gasteiger partial charge on any atom is 0.235 e. The predicted octanol–water partition coefficient (Wildman–Crippen LogP) is 5.06. The maximum absolute atomic E-state index is 13.3. The lowest BCUT2D eigenvalue weighted by Crippen LogP contribution is -2.15. The smallest absolute Gasteiger partial charge is 0.235 e. The van der Waals surface area contributed by atoms with Gasteiger partial charge >= 0.3 is 0 Å². The Morgan fingerprint density at radius 3 is 2.94 bits per heavy atom. The molecule has 4 rings (SSSR count). The number of aromatic nitrogens is 3. The summed E-state index contributed by atoms with van der Waals surface area (Å²) in [6.45, 7) is 6.45. The highest BCUT2D eigenvalue weighted by Gasteiger charge is 2.25. The van der Waals surface area contributed by atoms with Crippen LogP contribution in [-0.2, 0) is 24.2 Å². The molecule has 9 heteroatoms. The van der Waals surface area contributed by atoms with Gasteiger partial charge in [0.15, 0.2) is 11.0 Å². The van der Waals surface area contributed by atoms with Crippen LogP contribution in [0, 0.1) is 23.1 Å². The van der Waals surface area contributed by atoms with E-state index in [0.717, 1.165) is 30.4 Å². The first-order valence-corrected chi connectivity index (χ1v) is 12.1. The summed E-state index contributed by atoms with van der Waals surface area (Å²) in [4.78, 5) is 13.9. The van der Waals surface area contributed by atoms with E-state index < -0.39 is 0 Å². The van der Waals surface area contributed by atoms with Crippen molar-refractivity contribution >= 4 is 34.0 Å². The zero-order valence-electron chi connectivity index (χ0n) is 17.6. The molecule has 0 bridgehead atoms. The second kappa shape index (κ2) is 9.67. The lowest BCUT2D eigenvalue weighted by atomic mass is 9.89. The largest absolute Gasteiger partial charge is 0.316 e. The molecule has 0 radical (unpaired) electrons. The van der Waals surface area contributed by atoms with E-state index in [0.29, 0.717) is 34.0 Å². The molecule has 0 fully saturated rings. The summed E-state index contributed by atoms with van der Waals surface area (Å²) in [7, 11) is 0. The summed E-state index contributed by atoms with van der Waals surface area (Å²) in [5.41, 5.74) is 2.42. The number of halogens is 1. The van der Waals surface area contributed by atoms with Gasteiger partial charge in [0.05, 0.1) is 11.3 Å². The molecule has 1 aromatic carbocycles. The van der Waals surface area contributed by atoms with Gasteiger partial charge in [-0.25, -0.2) is 4.39 Å². The number of nitriles is 1. The normalized spacial score (nSPS) is 15.1. The number of hydrogen-bond acceptors (Lipinski definition) is 6. The van der Waals surface area contributed by atoms with Crippen LogP contribution in [0.2, 0.25) is 0 Å². The highest BCUT2D eigenvalue weighted by Crippen LogP contribution is 2.39. The molecule has 0 aliphatic heterocycles. The molecule has 1 N–H and O–H groups in total. The standard InChI is InChI=1S/C23H22FN5OS2/c1-3-10-29-21(15-5-7-16(24)8-6-15)27-28-23(29)31-13-20(30)26-22-18(12-25)17-9-4-14(2)11-19(17)32-22/h3,5-8,14H,1,4,9-11,13H2,2H3,(H,26,30).